The second-order valence-corrected chi connectivity index (χ2v) is 6.18. The summed E-state index contributed by atoms with van der Waals surface area (Å²) < 4.78 is 5.22. The highest BCUT2D eigenvalue weighted by molar-refractivity contribution is 5.76. The Bertz CT molecular complexity index is 323. The SMILES string of the molecule is CC(C)(C)OC(=O)C[C@@H](N)CCN1CCCCC1=O. The van der Waals surface area contributed by atoms with Gasteiger partial charge in [-0.25, -0.2) is 0 Å². The van der Waals surface area contributed by atoms with Gasteiger partial charge >= 0.3 is 5.97 Å². The summed E-state index contributed by atoms with van der Waals surface area (Å²) in [6.45, 7) is 6.97. The first-order valence-corrected chi connectivity index (χ1v) is 7.03. The Hall–Kier alpha value is -1.10. The molecule has 5 heteroatoms. The fraction of sp³-hybridized carbons (Fsp3) is 0.857. The number of piperidine rings is 1. The number of nitrogens with zero attached hydrogens (tertiary/aromatic N) is 1. The number of hydrogen-bond acceptors (Lipinski definition) is 4. The van der Waals surface area contributed by atoms with Crippen LogP contribution in [0.2, 0.25) is 0 Å². The first kappa shape index (κ1) is 16.0. The number of nitrogens with two attached hydrogens (primary N) is 1. The Kier molecular flexibility index (Phi) is 5.79. The summed E-state index contributed by atoms with van der Waals surface area (Å²) in [5.41, 5.74) is 5.44. The third-order valence-corrected chi connectivity index (χ3v) is 3.04. The van der Waals surface area contributed by atoms with Crippen molar-refractivity contribution in [3.8, 4) is 0 Å². The van der Waals surface area contributed by atoms with E-state index in [0.29, 0.717) is 19.4 Å². The van der Waals surface area contributed by atoms with E-state index in [-0.39, 0.29) is 24.3 Å². The molecule has 1 heterocycles. The van der Waals surface area contributed by atoms with E-state index in [1.807, 2.05) is 25.7 Å². The molecule has 1 aliphatic rings. The zero-order valence-corrected chi connectivity index (χ0v) is 12.3. The first-order chi connectivity index (χ1) is 8.78. The fourth-order valence-electron chi connectivity index (χ4n) is 2.12. The summed E-state index contributed by atoms with van der Waals surface area (Å²) in [6, 6.07) is -0.246. The van der Waals surface area contributed by atoms with Crippen LogP contribution < -0.4 is 5.73 Å². The van der Waals surface area contributed by atoms with Crippen molar-refractivity contribution in [2.24, 2.45) is 5.73 Å². The van der Waals surface area contributed by atoms with Crippen LogP contribution in [0.15, 0.2) is 0 Å². The Morgan fingerprint density at radius 3 is 2.68 bits per heavy atom. The molecule has 5 nitrogen and oxygen atoms in total. The fourth-order valence-corrected chi connectivity index (χ4v) is 2.12. The number of hydrogen-bond donors (Lipinski definition) is 1. The van der Waals surface area contributed by atoms with E-state index < -0.39 is 5.60 Å². The van der Waals surface area contributed by atoms with Crippen molar-refractivity contribution in [2.45, 2.75) is 64.5 Å². The predicted octanol–water partition coefficient (Wildman–Crippen LogP) is 1.45. The molecule has 1 aliphatic heterocycles. The minimum absolute atomic E-state index is 0.204. The smallest absolute Gasteiger partial charge is 0.307 e. The maximum atomic E-state index is 11.6. The zero-order valence-electron chi connectivity index (χ0n) is 12.3. The zero-order chi connectivity index (χ0) is 14.5. The quantitative estimate of drug-likeness (QED) is 0.767. The van der Waals surface area contributed by atoms with Crippen LogP contribution in [0.4, 0.5) is 0 Å². The largest absolute Gasteiger partial charge is 0.460 e. The lowest BCUT2D eigenvalue weighted by atomic mass is 10.1. The molecule has 0 aromatic heterocycles. The number of carbonyl (C=O) groups excluding carboxylic acids is 2. The molecule has 0 unspecified atom stereocenters. The summed E-state index contributed by atoms with van der Waals surface area (Å²) in [6.07, 6.45) is 3.54. The average molecular weight is 270 g/mol. The van der Waals surface area contributed by atoms with Crippen molar-refractivity contribution < 1.29 is 14.3 Å². The lowest BCUT2D eigenvalue weighted by Crippen LogP contribution is -2.39. The molecule has 1 amide bonds. The second kappa shape index (κ2) is 6.89. The van der Waals surface area contributed by atoms with E-state index in [1.54, 1.807) is 0 Å². The van der Waals surface area contributed by atoms with Crippen LogP contribution in [0.5, 0.6) is 0 Å². The van der Waals surface area contributed by atoms with Gasteiger partial charge in [0.15, 0.2) is 0 Å². The summed E-state index contributed by atoms with van der Waals surface area (Å²) >= 11 is 0. The third kappa shape index (κ3) is 6.57. The summed E-state index contributed by atoms with van der Waals surface area (Å²) in [4.78, 5) is 25.1. The van der Waals surface area contributed by atoms with Gasteiger partial charge in [0.1, 0.15) is 5.60 Å². The number of likely N-dealkylation sites (tertiary alicyclic amines) is 1. The van der Waals surface area contributed by atoms with Crippen molar-refractivity contribution >= 4 is 11.9 Å². The molecule has 0 saturated carbocycles. The highest BCUT2D eigenvalue weighted by atomic mass is 16.6. The standard InChI is InChI=1S/C14H26N2O3/c1-14(2,3)19-13(18)10-11(15)7-9-16-8-5-4-6-12(16)17/h11H,4-10,15H2,1-3H3/t11-/m0/s1. The van der Waals surface area contributed by atoms with Crippen molar-refractivity contribution in [3.63, 3.8) is 0 Å². The minimum Gasteiger partial charge on any atom is -0.460 e. The number of ether oxygens (including phenoxy) is 1. The van der Waals surface area contributed by atoms with Gasteiger partial charge in [-0.3, -0.25) is 9.59 Å². The van der Waals surface area contributed by atoms with Crippen molar-refractivity contribution in [2.75, 3.05) is 13.1 Å². The van der Waals surface area contributed by atoms with Crippen LogP contribution in [-0.2, 0) is 14.3 Å². The van der Waals surface area contributed by atoms with Gasteiger partial charge in [-0.2, -0.15) is 0 Å². The van der Waals surface area contributed by atoms with E-state index in [1.165, 1.54) is 0 Å². The van der Waals surface area contributed by atoms with Crippen molar-refractivity contribution in [1.29, 1.82) is 0 Å². The number of amides is 1. The monoisotopic (exact) mass is 270 g/mol. The summed E-state index contributed by atoms with van der Waals surface area (Å²) in [5, 5.41) is 0. The van der Waals surface area contributed by atoms with E-state index in [4.69, 9.17) is 10.5 Å². The number of esters is 1. The maximum Gasteiger partial charge on any atom is 0.307 e. The van der Waals surface area contributed by atoms with Gasteiger partial charge < -0.3 is 15.4 Å². The molecule has 0 spiro atoms. The molecule has 1 fully saturated rings. The van der Waals surface area contributed by atoms with Crippen LogP contribution in [-0.4, -0.2) is 41.5 Å². The van der Waals surface area contributed by atoms with Crippen LogP contribution in [0.3, 0.4) is 0 Å². The van der Waals surface area contributed by atoms with Gasteiger partial charge in [-0.05, 0) is 40.0 Å². The normalized spacial score (nSPS) is 18.3. The molecular formula is C14H26N2O3. The van der Waals surface area contributed by atoms with Crippen molar-refractivity contribution in [3.05, 3.63) is 0 Å². The molecule has 0 aromatic carbocycles. The second-order valence-electron chi connectivity index (χ2n) is 6.18. The number of rotatable bonds is 5. The molecular weight excluding hydrogens is 244 g/mol. The molecule has 0 radical (unpaired) electrons. The van der Waals surface area contributed by atoms with Crippen LogP contribution in [0, 0.1) is 0 Å². The molecule has 2 N–H and O–H groups in total. The Balaban J connectivity index is 2.25. The Morgan fingerprint density at radius 2 is 2.11 bits per heavy atom. The lowest BCUT2D eigenvalue weighted by Gasteiger charge is -2.28. The lowest BCUT2D eigenvalue weighted by molar-refractivity contribution is -0.155. The summed E-state index contributed by atoms with van der Waals surface area (Å²) in [7, 11) is 0. The summed E-state index contributed by atoms with van der Waals surface area (Å²) in [5.74, 6) is -0.0688. The van der Waals surface area contributed by atoms with E-state index in [9.17, 15) is 9.59 Å². The molecule has 0 bridgehead atoms. The van der Waals surface area contributed by atoms with E-state index in [2.05, 4.69) is 0 Å². The van der Waals surface area contributed by atoms with Crippen molar-refractivity contribution in [1.82, 2.24) is 4.90 Å². The van der Waals surface area contributed by atoms with Gasteiger partial charge in [0.25, 0.3) is 0 Å². The molecule has 1 saturated heterocycles. The molecule has 19 heavy (non-hydrogen) atoms. The topological polar surface area (TPSA) is 72.6 Å². The highest BCUT2D eigenvalue weighted by Gasteiger charge is 2.21. The van der Waals surface area contributed by atoms with Gasteiger partial charge in [-0.1, -0.05) is 0 Å². The van der Waals surface area contributed by atoms with E-state index >= 15 is 0 Å². The molecule has 1 atom stereocenters. The van der Waals surface area contributed by atoms with Gasteiger partial charge in [0.2, 0.25) is 5.91 Å². The molecule has 110 valence electrons. The molecule has 1 rings (SSSR count). The predicted molar refractivity (Wildman–Crippen MR) is 73.5 cm³/mol. The Labute approximate surface area is 115 Å². The van der Waals surface area contributed by atoms with Gasteiger partial charge in [0, 0.05) is 25.6 Å². The highest BCUT2D eigenvalue weighted by Crippen LogP contribution is 2.13. The number of carbonyl (C=O) groups is 2. The van der Waals surface area contributed by atoms with Gasteiger partial charge in [0.05, 0.1) is 6.42 Å². The molecule has 0 aromatic rings. The first-order valence-electron chi connectivity index (χ1n) is 7.03. The van der Waals surface area contributed by atoms with Gasteiger partial charge in [-0.15, -0.1) is 0 Å². The maximum absolute atomic E-state index is 11.6. The third-order valence-electron chi connectivity index (χ3n) is 3.04. The Morgan fingerprint density at radius 1 is 1.42 bits per heavy atom. The van der Waals surface area contributed by atoms with Crippen LogP contribution >= 0.6 is 0 Å². The minimum atomic E-state index is -0.473. The van der Waals surface area contributed by atoms with E-state index in [0.717, 1.165) is 19.4 Å². The van der Waals surface area contributed by atoms with Crippen LogP contribution in [0.1, 0.15) is 52.9 Å². The average Bonchev–Trinajstić information content (AvgIpc) is 2.25. The molecule has 0 aliphatic carbocycles. The van der Waals surface area contributed by atoms with Crippen LogP contribution in [0.25, 0.3) is 0 Å².